The van der Waals surface area contributed by atoms with Crippen LogP contribution in [0.4, 0.5) is 4.79 Å². The first kappa shape index (κ1) is 31.6. The summed E-state index contributed by atoms with van der Waals surface area (Å²) in [5, 5.41) is 25.1. The minimum atomic E-state index is -1.38. The van der Waals surface area contributed by atoms with Crippen molar-refractivity contribution < 1.29 is 48.5 Å². The third kappa shape index (κ3) is 14.5. The summed E-state index contributed by atoms with van der Waals surface area (Å²) in [6, 6.07) is -3.79. The Morgan fingerprint density at radius 2 is 1.20 bits per heavy atom. The molecule has 0 spiro atoms. The van der Waals surface area contributed by atoms with Gasteiger partial charge >= 0.3 is 24.0 Å². The summed E-state index contributed by atoms with van der Waals surface area (Å²) in [7, 11) is 1.15. The molecule has 0 radical (unpaired) electrons. The van der Waals surface area contributed by atoms with Crippen molar-refractivity contribution in [2.75, 3.05) is 7.11 Å². The predicted molar refractivity (Wildman–Crippen MR) is 122 cm³/mol. The monoisotopic (exact) mass is 503 g/mol. The third-order valence-corrected chi connectivity index (χ3v) is 4.44. The Bertz CT molecular complexity index is 776. The van der Waals surface area contributed by atoms with Crippen LogP contribution in [-0.2, 0) is 33.4 Å². The third-order valence-electron chi connectivity index (χ3n) is 4.44. The fourth-order valence-corrected chi connectivity index (χ4v) is 2.90. The van der Waals surface area contributed by atoms with E-state index in [0.29, 0.717) is 0 Å². The summed E-state index contributed by atoms with van der Waals surface area (Å²) in [5.41, 5.74) is -0.888. The Hall–Kier alpha value is -3.38. The summed E-state index contributed by atoms with van der Waals surface area (Å²) in [4.78, 5) is 72.0. The molecule has 3 amide bonds. The number of carbonyl (C=O) groups is 6. The van der Waals surface area contributed by atoms with Gasteiger partial charge < -0.3 is 35.6 Å². The van der Waals surface area contributed by atoms with Gasteiger partial charge in [0.25, 0.3) is 0 Å². The Morgan fingerprint density at radius 3 is 1.57 bits per heavy atom. The molecule has 13 nitrogen and oxygen atoms in total. The quantitative estimate of drug-likeness (QED) is 0.211. The maximum atomic E-state index is 12.9. The van der Waals surface area contributed by atoms with E-state index in [9.17, 15) is 28.8 Å². The number of nitrogens with one attached hydrogen (secondary N) is 3. The van der Waals surface area contributed by atoms with Crippen LogP contribution >= 0.6 is 0 Å². The maximum absolute atomic E-state index is 12.9. The molecule has 35 heavy (non-hydrogen) atoms. The number of ether oxygens (including phenoxy) is 2. The lowest BCUT2D eigenvalue weighted by atomic mass is 10.0. The number of carboxylic acid groups (broad SMARTS) is 2. The van der Waals surface area contributed by atoms with Crippen molar-refractivity contribution >= 4 is 35.8 Å². The van der Waals surface area contributed by atoms with Gasteiger partial charge in [-0.2, -0.15) is 0 Å². The molecule has 3 atom stereocenters. The summed E-state index contributed by atoms with van der Waals surface area (Å²) >= 11 is 0. The van der Waals surface area contributed by atoms with Gasteiger partial charge in [-0.25, -0.2) is 9.59 Å². The van der Waals surface area contributed by atoms with Crippen molar-refractivity contribution in [2.24, 2.45) is 5.92 Å². The van der Waals surface area contributed by atoms with Crippen LogP contribution in [0.3, 0.4) is 0 Å². The van der Waals surface area contributed by atoms with Gasteiger partial charge in [0.05, 0.1) is 7.11 Å². The van der Waals surface area contributed by atoms with Crippen molar-refractivity contribution in [2.45, 2.75) is 90.4 Å². The summed E-state index contributed by atoms with van der Waals surface area (Å²) in [6.45, 7) is 8.43. The van der Waals surface area contributed by atoms with Crippen LogP contribution in [0.2, 0.25) is 0 Å². The number of aliphatic carboxylic acids is 2. The summed E-state index contributed by atoms with van der Waals surface area (Å²) < 4.78 is 9.80. The van der Waals surface area contributed by atoms with Crippen LogP contribution in [0.15, 0.2) is 0 Å². The normalized spacial score (nSPS) is 13.7. The molecule has 0 bridgehead atoms. The van der Waals surface area contributed by atoms with E-state index in [-0.39, 0.29) is 25.2 Å². The van der Waals surface area contributed by atoms with Crippen LogP contribution in [-0.4, -0.2) is 76.9 Å². The highest BCUT2D eigenvalue weighted by molar-refractivity contribution is 5.93. The zero-order valence-corrected chi connectivity index (χ0v) is 21.0. The van der Waals surface area contributed by atoms with Crippen LogP contribution < -0.4 is 16.0 Å². The topological polar surface area (TPSA) is 197 Å². The molecule has 5 N–H and O–H groups in total. The molecular formula is C22H37N3O10. The smallest absolute Gasteiger partial charge is 0.408 e. The Labute approximate surface area is 204 Å². The van der Waals surface area contributed by atoms with Gasteiger partial charge in [0.15, 0.2) is 0 Å². The van der Waals surface area contributed by atoms with Crippen molar-refractivity contribution in [1.29, 1.82) is 0 Å². The van der Waals surface area contributed by atoms with Gasteiger partial charge in [-0.1, -0.05) is 13.8 Å². The summed E-state index contributed by atoms with van der Waals surface area (Å²) in [5.74, 6) is -4.89. The van der Waals surface area contributed by atoms with Crippen LogP contribution in [0, 0.1) is 5.92 Å². The molecule has 0 fully saturated rings. The second-order valence-electron chi connectivity index (χ2n) is 9.34. The Balaban J connectivity index is 5.67. The lowest BCUT2D eigenvalue weighted by Crippen LogP contribution is -2.56. The first-order chi connectivity index (χ1) is 16.0. The van der Waals surface area contributed by atoms with E-state index in [0.717, 1.165) is 7.11 Å². The highest BCUT2D eigenvalue weighted by Crippen LogP contribution is 2.10. The van der Waals surface area contributed by atoms with Crippen LogP contribution in [0.1, 0.15) is 66.7 Å². The number of esters is 1. The molecule has 0 aromatic heterocycles. The molecule has 0 heterocycles. The molecule has 0 aliphatic carbocycles. The van der Waals surface area contributed by atoms with Crippen LogP contribution in [0.5, 0.6) is 0 Å². The molecule has 200 valence electrons. The fourth-order valence-electron chi connectivity index (χ4n) is 2.90. The molecule has 0 aliphatic heterocycles. The first-order valence-electron chi connectivity index (χ1n) is 11.2. The number of rotatable bonds is 14. The molecule has 0 aromatic rings. The SMILES string of the molecule is COC(=O)[C@@H](CC(C)C)NC(=O)[C@@H](CCC(=O)O)NC(=O)[C@@H](CCC(=O)O)NC(=O)OC(C)(C)C. The second kappa shape index (κ2) is 14.8. The lowest BCUT2D eigenvalue weighted by molar-refractivity contribution is -0.146. The van der Waals surface area contributed by atoms with Gasteiger partial charge in [0, 0.05) is 12.8 Å². The number of carboxylic acids is 2. The average molecular weight is 504 g/mol. The zero-order chi connectivity index (χ0) is 27.3. The largest absolute Gasteiger partial charge is 0.481 e. The van der Waals surface area contributed by atoms with Gasteiger partial charge in [-0.15, -0.1) is 0 Å². The van der Waals surface area contributed by atoms with E-state index in [4.69, 9.17) is 19.7 Å². The Morgan fingerprint density at radius 1 is 0.771 bits per heavy atom. The number of carbonyl (C=O) groups excluding carboxylic acids is 4. The van der Waals surface area contributed by atoms with Crippen molar-refractivity contribution in [3.05, 3.63) is 0 Å². The fraction of sp³-hybridized carbons (Fsp3) is 0.727. The highest BCUT2D eigenvalue weighted by Gasteiger charge is 2.31. The van der Waals surface area contributed by atoms with Gasteiger partial charge in [-0.3, -0.25) is 19.2 Å². The average Bonchev–Trinajstić information content (AvgIpc) is 2.70. The second-order valence-corrected chi connectivity index (χ2v) is 9.34. The van der Waals surface area contributed by atoms with Gasteiger partial charge in [-0.05, 0) is 46.0 Å². The van der Waals surface area contributed by atoms with Gasteiger partial charge in [0.1, 0.15) is 23.7 Å². The number of methoxy groups -OCH3 is 1. The molecule has 0 unspecified atom stereocenters. The van der Waals surface area contributed by atoms with Crippen LogP contribution in [0.25, 0.3) is 0 Å². The van der Waals surface area contributed by atoms with E-state index >= 15 is 0 Å². The molecule has 0 saturated carbocycles. The van der Waals surface area contributed by atoms with E-state index < -0.39 is 72.4 Å². The van der Waals surface area contributed by atoms with E-state index in [2.05, 4.69) is 16.0 Å². The minimum absolute atomic E-state index is 0.00453. The molecule has 0 saturated heterocycles. The lowest BCUT2D eigenvalue weighted by Gasteiger charge is -2.26. The zero-order valence-electron chi connectivity index (χ0n) is 21.0. The molecular weight excluding hydrogens is 466 g/mol. The van der Waals surface area contributed by atoms with Crippen molar-refractivity contribution in [3.8, 4) is 0 Å². The van der Waals surface area contributed by atoms with E-state index in [1.165, 1.54) is 0 Å². The standard InChI is InChI=1S/C22H37N3O10/c1-12(2)11-15(20(32)34-6)24-18(30)13(7-9-16(26)27)23-19(31)14(8-10-17(28)29)25-21(33)35-22(3,4)5/h12-15H,7-11H2,1-6H3,(H,23,31)(H,24,30)(H,25,33)(H,26,27)(H,28,29)/t13-,14-,15-/m1/s1. The highest BCUT2D eigenvalue weighted by atomic mass is 16.6. The number of hydrogen-bond acceptors (Lipinski definition) is 8. The number of hydrogen-bond donors (Lipinski definition) is 5. The van der Waals surface area contributed by atoms with E-state index in [1.54, 1.807) is 20.8 Å². The van der Waals surface area contributed by atoms with E-state index in [1.807, 2.05) is 13.8 Å². The first-order valence-corrected chi connectivity index (χ1v) is 11.2. The molecule has 0 aromatic carbocycles. The van der Waals surface area contributed by atoms with Gasteiger partial charge in [0.2, 0.25) is 11.8 Å². The molecule has 0 aliphatic rings. The predicted octanol–water partition coefficient (Wildman–Crippen LogP) is 0.798. The molecule has 13 heteroatoms. The van der Waals surface area contributed by atoms with Crippen molar-refractivity contribution in [1.82, 2.24) is 16.0 Å². The number of alkyl carbamates (subject to hydrolysis) is 1. The summed E-state index contributed by atoms with van der Waals surface area (Å²) in [6.07, 6.45) is -2.33. The molecule has 0 rings (SSSR count). The Kier molecular flexibility index (Phi) is 13.4. The van der Waals surface area contributed by atoms with Crippen molar-refractivity contribution in [3.63, 3.8) is 0 Å². The minimum Gasteiger partial charge on any atom is -0.481 e. The maximum Gasteiger partial charge on any atom is 0.408 e. The number of amides is 3.